The van der Waals surface area contributed by atoms with Crippen molar-refractivity contribution >= 4 is 29.7 Å². The third-order valence-electron chi connectivity index (χ3n) is 7.28. The van der Waals surface area contributed by atoms with E-state index in [0.29, 0.717) is 11.6 Å². The number of benzene rings is 2. The molecule has 1 aromatic heterocycles. The molecule has 0 aliphatic carbocycles. The summed E-state index contributed by atoms with van der Waals surface area (Å²) in [7, 11) is 1.13. The van der Waals surface area contributed by atoms with Crippen LogP contribution in [0.25, 0.3) is 0 Å². The lowest BCUT2D eigenvalue weighted by molar-refractivity contribution is -0.148. The van der Waals surface area contributed by atoms with Gasteiger partial charge in [0.1, 0.15) is 17.0 Å². The molecule has 0 radical (unpaired) electrons. The number of alkyl halides is 3. The van der Waals surface area contributed by atoms with Crippen LogP contribution in [0.3, 0.4) is 0 Å². The van der Waals surface area contributed by atoms with Gasteiger partial charge in [0, 0.05) is 25.7 Å². The summed E-state index contributed by atoms with van der Waals surface area (Å²) in [5.74, 6) is -1.99. The zero-order valence-corrected chi connectivity index (χ0v) is 26.3. The Kier molecular flexibility index (Phi) is 10.1. The second-order valence-electron chi connectivity index (χ2n) is 11.7. The van der Waals surface area contributed by atoms with Gasteiger partial charge in [-0.1, -0.05) is 41.9 Å². The molecule has 1 fully saturated rings. The van der Waals surface area contributed by atoms with Gasteiger partial charge in [0.25, 0.3) is 0 Å². The zero-order valence-electron chi connectivity index (χ0n) is 25.5. The first-order valence-corrected chi connectivity index (χ1v) is 14.6. The van der Waals surface area contributed by atoms with Crippen LogP contribution in [-0.2, 0) is 32.4 Å². The summed E-state index contributed by atoms with van der Waals surface area (Å²) >= 11 is 6.09. The number of piperazine rings is 1. The summed E-state index contributed by atoms with van der Waals surface area (Å²) < 4.78 is 67.1. The van der Waals surface area contributed by atoms with Crippen molar-refractivity contribution in [1.29, 1.82) is 0 Å². The van der Waals surface area contributed by atoms with Gasteiger partial charge < -0.3 is 19.7 Å². The number of urea groups is 1. The lowest BCUT2D eigenvalue weighted by Gasteiger charge is -2.42. The number of nitrogens with zero attached hydrogens (tertiary/aromatic N) is 3. The van der Waals surface area contributed by atoms with E-state index in [4.69, 9.17) is 21.1 Å². The minimum atomic E-state index is -4.90. The molecule has 1 aliphatic heterocycles. The first-order valence-electron chi connectivity index (χ1n) is 14.2. The van der Waals surface area contributed by atoms with E-state index in [2.05, 4.69) is 10.3 Å². The molecule has 2 heterocycles. The van der Waals surface area contributed by atoms with Crippen molar-refractivity contribution in [1.82, 2.24) is 20.1 Å². The van der Waals surface area contributed by atoms with Crippen LogP contribution in [-0.4, -0.2) is 71.3 Å². The van der Waals surface area contributed by atoms with E-state index in [9.17, 15) is 31.9 Å². The lowest BCUT2D eigenvalue weighted by Crippen LogP contribution is -2.63. The van der Waals surface area contributed by atoms with E-state index in [-0.39, 0.29) is 42.3 Å². The maximum absolute atomic E-state index is 14.9. The standard InChI is InChI=1S/C32H33ClF4N4O5/c1-30(2,3)46-29(44)41-13-12-40(19-25(41)27(42)45-4)28(43)39-31(17-20-8-6-5-7-9-20,26-11-10-23(33)18-38-26)21-14-22(32(35,36)37)16-24(34)15-21/h5-11,14-16,18,25H,12-13,17,19H2,1-4H3,(H,39,43)/t25?,31-/m0/s1. The van der Waals surface area contributed by atoms with E-state index in [1.54, 1.807) is 51.1 Å². The number of hydrogen-bond donors (Lipinski definition) is 1. The predicted molar refractivity (Wildman–Crippen MR) is 160 cm³/mol. The molecule has 3 amide bonds. The van der Waals surface area contributed by atoms with Gasteiger partial charge in [-0.05, 0) is 62.2 Å². The van der Waals surface area contributed by atoms with Crippen LogP contribution in [0.5, 0.6) is 0 Å². The molecule has 1 N–H and O–H groups in total. The molecular formula is C32H33ClF4N4O5. The topological polar surface area (TPSA) is 101 Å². The number of rotatable bonds is 6. The number of amides is 3. The quantitative estimate of drug-likeness (QED) is 0.250. The SMILES string of the molecule is COC(=O)C1CN(C(=O)N[C@@](Cc2ccccc2)(c2cc(F)cc(C(F)(F)F)c2)c2ccc(Cl)cn2)CCN1C(=O)OC(C)(C)C. The summed E-state index contributed by atoms with van der Waals surface area (Å²) in [6.07, 6.45) is -4.57. The predicted octanol–water partition coefficient (Wildman–Crippen LogP) is 6.18. The van der Waals surface area contributed by atoms with Crippen molar-refractivity contribution in [2.45, 2.75) is 50.6 Å². The molecule has 14 heteroatoms. The Morgan fingerprint density at radius 3 is 2.26 bits per heavy atom. The summed E-state index contributed by atoms with van der Waals surface area (Å²) in [5.41, 5.74) is -3.57. The Morgan fingerprint density at radius 2 is 1.67 bits per heavy atom. The molecule has 2 atom stereocenters. The van der Waals surface area contributed by atoms with Crippen LogP contribution in [0.4, 0.5) is 27.2 Å². The normalized spacial score (nSPS) is 16.8. The highest BCUT2D eigenvalue weighted by molar-refractivity contribution is 6.30. The van der Waals surface area contributed by atoms with Gasteiger partial charge in [-0.15, -0.1) is 0 Å². The van der Waals surface area contributed by atoms with Crippen molar-refractivity contribution in [3.63, 3.8) is 0 Å². The molecule has 0 bridgehead atoms. The van der Waals surface area contributed by atoms with Crippen LogP contribution < -0.4 is 5.32 Å². The van der Waals surface area contributed by atoms with E-state index in [1.807, 2.05) is 0 Å². The molecule has 0 saturated carbocycles. The van der Waals surface area contributed by atoms with Gasteiger partial charge in [0.2, 0.25) is 0 Å². The first-order chi connectivity index (χ1) is 21.5. The molecule has 4 rings (SSSR count). The minimum Gasteiger partial charge on any atom is -0.467 e. The maximum atomic E-state index is 14.9. The number of methoxy groups -OCH3 is 1. The average Bonchev–Trinajstić information content (AvgIpc) is 2.99. The van der Waals surface area contributed by atoms with Gasteiger partial charge in [-0.3, -0.25) is 9.88 Å². The number of aromatic nitrogens is 1. The van der Waals surface area contributed by atoms with Crippen LogP contribution in [0, 0.1) is 5.82 Å². The highest BCUT2D eigenvalue weighted by Crippen LogP contribution is 2.38. The minimum absolute atomic E-state index is 0.0738. The molecule has 46 heavy (non-hydrogen) atoms. The molecular weight excluding hydrogens is 632 g/mol. The number of ether oxygens (including phenoxy) is 2. The fraction of sp³-hybridized carbons (Fsp3) is 0.375. The Bertz CT molecular complexity index is 1570. The van der Waals surface area contributed by atoms with E-state index in [1.165, 1.54) is 23.2 Å². The van der Waals surface area contributed by atoms with Crippen LogP contribution in [0.2, 0.25) is 5.02 Å². The van der Waals surface area contributed by atoms with Crippen molar-refractivity contribution in [2.75, 3.05) is 26.7 Å². The molecule has 3 aromatic rings. The van der Waals surface area contributed by atoms with Crippen LogP contribution in [0.1, 0.15) is 43.2 Å². The monoisotopic (exact) mass is 664 g/mol. The van der Waals surface area contributed by atoms with Gasteiger partial charge >= 0.3 is 24.3 Å². The number of carbonyl (C=O) groups excluding carboxylic acids is 3. The Morgan fingerprint density at radius 1 is 1.00 bits per heavy atom. The fourth-order valence-corrected chi connectivity index (χ4v) is 5.27. The molecule has 1 unspecified atom stereocenters. The zero-order chi connectivity index (χ0) is 33.9. The molecule has 0 spiro atoms. The van der Waals surface area contributed by atoms with E-state index >= 15 is 0 Å². The van der Waals surface area contributed by atoms with Crippen molar-refractivity contribution in [2.24, 2.45) is 0 Å². The van der Waals surface area contributed by atoms with Crippen LogP contribution >= 0.6 is 11.6 Å². The molecule has 1 aliphatic rings. The first kappa shape index (κ1) is 34.5. The second-order valence-corrected chi connectivity index (χ2v) is 12.2. The summed E-state index contributed by atoms with van der Waals surface area (Å²) in [5, 5.41) is 3.05. The number of hydrogen-bond acceptors (Lipinski definition) is 6. The molecule has 9 nitrogen and oxygen atoms in total. The smallest absolute Gasteiger partial charge is 0.416 e. The fourth-order valence-electron chi connectivity index (χ4n) is 5.16. The van der Waals surface area contributed by atoms with E-state index in [0.717, 1.165) is 24.1 Å². The summed E-state index contributed by atoms with van der Waals surface area (Å²) in [6, 6.07) is 11.4. The lowest BCUT2D eigenvalue weighted by atomic mass is 9.79. The third-order valence-corrected chi connectivity index (χ3v) is 7.51. The molecule has 2 aromatic carbocycles. The van der Waals surface area contributed by atoms with Gasteiger partial charge in [-0.25, -0.2) is 18.8 Å². The molecule has 1 saturated heterocycles. The third kappa shape index (κ3) is 8.06. The molecule has 246 valence electrons. The Balaban J connectivity index is 1.81. The Labute approximate surface area is 268 Å². The maximum Gasteiger partial charge on any atom is 0.416 e. The van der Waals surface area contributed by atoms with Gasteiger partial charge in [0.15, 0.2) is 6.04 Å². The van der Waals surface area contributed by atoms with Gasteiger partial charge in [0.05, 0.1) is 29.9 Å². The van der Waals surface area contributed by atoms with Crippen molar-refractivity contribution in [3.8, 4) is 0 Å². The van der Waals surface area contributed by atoms with Crippen molar-refractivity contribution in [3.05, 3.63) is 100 Å². The second kappa shape index (κ2) is 13.5. The highest BCUT2D eigenvalue weighted by atomic mass is 35.5. The van der Waals surface area contributed by atoms with Crippen LogP contribution in [0.15, 0.2) is 66.9 Å². The number of halogens is 5. The number of carbonyl (C=O) groups is 3. The number of pyridine rings is 1. The van der Waals surface area contributed by atoms with Gasteiger partial charge in [-0.2, -0.15) is 13.2 Å². The largest absolute Gasteiger partial charge is 0.467 e. The van der Waals surface area contributed by atoms with E-state index < -0.39 is 52.8 Å². The summed E-state index contributed by atoms with van der Waals surface area (Å²) in [4.78, 5) is 46.5. The Hall–Kier alpha value is -4.39. The number of esters is 1. The summed E-state index contributed by atoms with van der Waals surface area (Å²) in [6.45, 7) is 4.46. The highest BCUT2D eigenvalue weighted by Gasteiger charge is 2.44. The van der Waals surface area contributed by atoms with Crippen molar-refractivity contribution < 1.29 is 41.4 Å². The number of nitrogens with one attached hydrogen (secondary N) is 1. The average molecular weight is 665 g/mol.